The summed E-state index contributed by atoms with van der Waals surface area (Å²) in [4.78, 5) is 0. The van der Waals surface area contributed by atoms with Crippen molar-refractivity contribution in [2.45, 2.75) is 291 Å². The zero-order valence-electron chi connectivity index (χ0n) is 39.6. The first-order chi connectivity index (χ1) is 27.7. The number of ether oxygens (including phenoxy) is 2. The SMILES string of the molecule is CCCCCCCCCCCCCCCCCCCCCCCCCCCO[C@H]1C[C@@H]2[C@H](CC[C@]3(C)[C@@H]([C@H](C)CCCC(C)C)CC[C@@H]23)[C@@]2(C)CC[C@H](O)C[C@@H]2O1. The Kier molecular flexibility index (Phi) is 24.1. The van der Waals surface area contributed by atoms with Crippen LogP contribution in [0.5, 0.6) is 0 Å². The van der Waals surface area contributed by atoms with Gasteiger partial charge in [-0.1, -0.05) is 215 Å². The lowest BCUT2D eigenvalue weighted by atomic mass is 9.49. The Morgan fingerprint density at radius 1 is 0.544 bits per heavy atom. The summed E-state index contributed by atoms with van der Waals surface area (Å²) in [5, 5.41) is 10.8. The molecule has 1 saturated heterocycles. The van der Waals surface area contributed by atoms with E-state index in [-0.39, 0.29) is 23.9 Å². The first kappa shape index (κ1) is 49.5. The van der Waals surface area contributed by atoms with E-state index in [4.69, 9.17) is 9.47 Å². The summed E-state index contributed by atoms with van der Waals surface area (Å²) in [5.74, 6) is 4.76. The third kappa shape index (κ3) is 16.6. The summed E-state index contributed by atoms with van der Waals surface area (Å²) >= 11 is 0. The highest BCUT2D eigenvalue weighted by Crippen LogP contribution is 2.66. The second kappa shape index (κ2) is 27.7. The highest BCUT2D eigenvalue weighted by Gasteiger charge is 2.61. The van der Waals surface area contributed by atoms with Gasteiger partial charge in [0.05, 0.1) is 12.2 Å². The van der Waals surface area contributed by atoms with Crippen LogP contribution in [0.3, 0.4) is 0 Å². The van der Waals surface area contributed by atoms with E-state index in [0.717, 1.165) is 62.4 Å². The zero-order chi connectivity index (χ0) is 40.8. The number of hydrogen-bond acceptors (Lipinski definition) is 3. The predicted molar refractivity (Wildman–Crippen MR) is 247 cm³/mol. The Balaban J connectivity index is 1.03. The van der Waals surface area contributed by atoms with Gasteiger partial charge in [-0.05, 0) is 91.3 Å². The minimum Gasteiger partial charge on any atom is -0.393 e. The topological polar surface area (TPSA) is 38.7 Å². The molecule has 57 heavy (non-hydrogen) atoms. The van der Waals surface area contributed by atoms with E-state index in [1.165, 1.54) is 199 Å². The highest BCUT2D eigenvalue weighted by atomic mass is 16.7. The van der Waals surface area contributed by atoms with Crippen LogP contribution in [0, 0.1) is 46.3 Å². The Bertz CT molecular complexity index is 995. The molecule has 0 radical (unpaired) electrons. The highest BCUT2D eigenvalue weighted by molar-refractivity contribution is 5.09. The Morgan fingerprint density at radius 2 is 1.02 bits per heavy atom. The summed E-state index contributed by atoms with van der Waals surface area (Å²) in [5.41, 5.74) is 0.648. The standard InChI is InChI=1S/C54H102O3/c1-7-8-9-10-11-12-13-14-15-16-17-18-19-20-21-22-23-24-25-26-27-28-29-30-31-41-56-52-43-47-49-36-35-48(45(4)34-32-33-44(2)3)53(49,5)40-38-50(47)54(6)39-37-46(55)42-51(54)57-52/h44-52,55H,7-43H2,1-6H3/t45-,46+,47+,48-,49+,50+,51+,52-,53-,54-/m1/s1. The van der Waals surface area contributed by atoms with Gasteiger partial charge in [0.25, 0.3) is 0 Å². The number of aliphatic hydroxyl groups excluding tert-OH is 1. The zero-order valence-corrected chi connectivity index (χ0v) is 39.6. The van der Waals surface area contributed by atoms with E-state index >= 15 is 0 Å². The molecule has 0 amide bonds. The van der Waals surface area contributed by atoms with E-state index in [1.807, 2.05) is 0 Å². The molecule has 0 spiro atoms. The molecule has 1 aliphatic heterocycles. The lowest BCUT2D eigenvalue weighted by Crippen LogP contribution is -2.52. The van der Waals surface area contributed by atoms with Crippen LogP contribution in [-0.4, -0.2) is 30.2 Å². The lowest BCUT2D eigenvalue weighted by Gasteiger charge is -2.56. The fourth-order valence-corrected chi connectivity index (χ4v) is 13.4. The van der Waals surface area contributed by atoms with Crippen LogP contribution in [0.15, 0.2) is 0 Å². The Labute approximate surface area is 357 Å². The fourth-order valence-electron chi connectivity index (χ4n) is 13.4. The molecule has 4 aliphatic rings. The number of hydrogen-bond donors (Lipinski definition) is 1. The fraction of sp³-hybridized carbons (Fsp3) is 1.00. The molecule has 3 nitrogen and oxygen atoms in total. The van der Waals surface area contributed by atoms with Gasteiger partial charge in [0.1, 0.15) is 0 Å². The monoisotopic (exact) mass is 799 g/mol. The largest absolute Gasteiger partial charge is 0.393 e. The van der Waals surface area contributed by atoms with Gasteiger partial charge in [0, 0.05) is 19.4 Å². The Morgan fingerprint density at radius 3 is 1.53 bits per heavy atom. The molecular weight excluding hydrogens is 697 g/mol. The van der Waals surface area contributed by atoms with Gasteiger partial charge in [0.2, 0.25) is 0 Å². The molecule has 4 fully saturated rings. The molecule has 3 aliphatic carbocycles. The lowest BCUT2D eigenvalue weighted by molar-refractivity contribution is -0.207. The third-order valence-corrected chi connectivity index (χ3v) is 17.1. The van der Waals surface area contributed by atoms with Crippen molar-refractivity contribution in [1.29, 1.82) is 0 Å². The maximum atomic E-state index is 10.8. The molecular formula is C54H102O3. The summed E-state index contributed by atoms with van der Waals surface area (Å²) < 4.78 is 13.7. The molecule has 0 aromatic heterocycles. The molecule has 3 heteroatoms. The van der Waals surface area contributed by atoms with Crippen LogP contribution in [0.2, 0.25) is 0 Å². The minimum atomic E-state index is -0.213. The van der Waals surface area contributed by atoms with Gasteiger partial charge in [-0.15, -0.1) is 0 Å². The van der Waals surface area contributed by atoms with Gasteiger partial charge in [0.15, 0.2) is 6.29 Å². The summed E-state index contributed by atoms with van der Waals surface area (Å²) in [7, 11) is 0. The van der Waals surface area contributed by atoms with Crippen LogP contribution in [0.4, 0.5) is 0 Å². The number of fused-ring (bicyclic) bond motifs is 5. The molecule has 0 bridgehead atoms. The average Bonchev–Trinajstić information content (AvgIpc) is 3.49. The summed E-state index contributed by atoms with van der Waals surface area (Å²) in [6, 6.07) is 0. The second-order valence-corrected chi connectivity index (χ2v) is 22.0. The van der Waals surface area contributed by atoms with Crippen LogP contribution >= 0.6 is 0 Å². The van der Waals surface area contributed by atoms with Crippen LogP contribution in [0.1, 0.15) is 273 Å². The molecule has 0 aromatic rings. The second-order valence-electron chi connectivity index (χ2n) is 22.0. The van der Waals surface area contributed by atoms with Crippen molar-refractivity contribution in [1.82, 2.24) is 0 Å². The maximum Gasteiger partial charge on any atom is 0.158 e. The van der Waals surface area contributed by atoms with Gasteiger partial charge in [-0.3, -0.25) is 0 Å². The van der Waals surface area contributed by atoms with Crippen molar-refractivity contribution in [3.05, 3.63) is 0 Å². The molecule has 0 aromatic carbocycles. The van der Waals surface area contributed by atoms with Gasteiger partial charge < -0.3 is 14.6 Å². The number of unbranched alkanes of at least 4 members (excludes halogenated alkanes) is 24. The van der Waals surface area contributed by atoms with E-state index in [2.05, 4.69) is 41.5 Å². The molecule has 4 rings (SSSR count). The van der Waals surface area contributed by atoms with E-state index < -0.39 is 0 Å². The van der Waals surface area contributed by atoms with Crippen LogP contribution in [0.25, 0.3) is 0 Å². The van der Waals surface area contributed by atoms with Crippen LogP contribution < -0.4 is 0 Å². The summed E-state index contributed by atoms with van der Waals surface area (Å²) in [6.07, 6.45) is 49.3. The van der Waals surface area contributed by atoms with Gasteiger partial charge in [-0.25, -0.2) is 0 Å². The van der Waals surface area contributed by atoms with Crippen molar-refractivity contribution in [3.8, 4) is 0 Å². The van der Waals surface area contributed by atoms with Crippen molar-refractivity contribution in [2.24, 2.45) is 46.3 Å². The molecule has 1 heterocycles. The molecule has 0 unspecified atom stereocenters. The van der Waals surface area contributed by atoms with Gasteiger partial charge in [-0.2, -0.15) is 0 Å². The van der Waals surface area contributed by atoms with E-state index in [9.17, 15) is 5.11 Å². The molecule has 1 N–H and O–H groups in total. The average molecular weight is 799 g/mol. The quantitative estimate of drug-likeness (QED) is 0.0689. The van der Waals surface area contributed by atoms with E-state index in [0.29, 0.717) is 17.3 Å². The predicted octanol–water partition coefficient (Wildman–Crippen LogP) is 17.0. The number of aliphatic hydroxyl groups is 1. The molecule has 10 atom stereocenters. The normalized spacial score (nSPS) is 31.9. The van der Waals surface area contributed by atoms with Crippen molar-refractivity contribution >= 4 is 0 Å². The van der Waals surface area contributed by atoms with Crippen molar-refractivity contribution < 1.29 is 14.6 Å². The Hall–Kier alpha value is -0.120. The molecule has 3 saturated carbocycles. The first-order valence-corrected chi connectivity index (χ1v) is 26.6. The van der Waals surface area contributed by atoms with Gasteiger partial charge >= 0.3 is 0 Å². The van der Waals surface area contributed by atoms with Crippen molar-refractivity contribution in [2.75, 3.05) is 6.61 Å². The van der Waals surface area contributed by atoms with Crippen LogP contribution in [-0.2, 0) is 9.47 Å². The number of rotatable bonds is 32. The smallest absolute Gasteiger partial charge is 0.158 e. The minimum absolute atomic E-state index is 0.0890. The summed E-state index contributed by atoms with van der Waals surface area (Å²) in [6.45, 7) is 15.8. The third-order valence-electron chi connectivity index (χ3n) is 17.1. The van der Waals surface area contributed by atoms with Crippen molar-refractivity contribution in [3.63, 3.8) is 0 Å². The van der Waals surface area contributed by atoms with E-state index in [1.54, 1.807) is 0 Å². The first-order valence-electron chi connectivity index (χ1n) is 26.6. The maximum absolute atomic E-state index is 10.8. The molecule has 336 valence electrons.